The SMILES string of the molecule is Cc1nonc1CNc1ccc(Br)cc1Br. The zero-order valence-electron chi connectivity index (χ0n) is 8.50. The van der Waals surface area contributed by atoms with E-state index in [2.05, 4.69) is 52.1 Å². The second kappa shape index (κ2) is 4.97. The molecule has 0 spiro atoms. The molecule has 0 aliphatic rings. The molecular weight excluding hydrogens is 338 g/mol. The normalized spacial score (nSPS) is 10.4. The molecule has 4 nitrogen and oxygen atoms in total. The van der Waals surface area contributed by atoms with Crippen LogP contribution >= 0.6 is 31.9 Å². The lowest BCUT2D eigenvalue weighted by Crippen LogP contribution is -2.01. The summed E-state index contributed by atoms with van der Waals surface area (Å²) in [7, 11) is 0. The summed E-state index contributed by atoms with van der Waals surface area (Å²) in [5, 5.41) is 10.8. The molecule has 0 aliphatic heterocycles. The van der Waals surface area contributed by atoms with Crippen molar-refractivity contribution in [1.29, 1.82) is 0 Å². The number of rotatable bonds is 3. The van der Waals surface area contributed by atoms with E-state index in [-0.39, 0.29) is 0 Å². The van der Waals surface area contributed by atoms with Crippen LogP contribution in [0, 0.1) is 6.92 Å². The first kappa shape index (κ1) is 11.6. The van der Waals surface area contributed by atoms with Crippen LogP contribution < -0.4 is 5.32 Å². The van der Waals surface area contributed by atoms with Gasteiger partial charge in [-0.15, -0.1) is 0 Å². The van der Waals surface area contributed by atoms with Gasteiger partial charge in [-0.3, -0.25) is 0 Å². The molecule has 1 aromatic carbocycles. The summed E-state index contributed by atoms with van der Waals surface area (Å²) in [6, 6.07) is 5.94. The van der Waals surface area contributed by atoms with Gasteiger partial charge in [-0.05, 0) is 41.1 Å². The van der Waals surface area contributed by atoms with Crippen LogP contribution in [0.3, 0.4) is 0 Å². The predicted molar refractivity (Wildman–Crippen MR) is 68.2 cm³/mol. The fourth-order valence-electron chi connectivity index (χ4n) is 1.22. The van der Waals surface area contributed by atoms with Crippen molar-refractivity contribution in [1.82, 2.24) is 10.3 Å². The highest BCUT2D eigenvalue weighted by Gasteiger charge is 2.06. The Morgan fingerprint density at radius 2 is 2.12 bits per heavy atom. The van der Waals surface area contributed by atoms with E-state index in [9.17, 15) is 0 Å². The zero-order chi connectivity index (χ0) is 11.5. The zero-order valence-corrected chi connectivity index (χ0v) is 11.7. The Balaban J connectivity index is 2.08. The van der Waals surface area contributed by atoms with Crippen molar-refractivity contribution in [3.8, 4) is 0 Å². The number of aromatic nitrogens is 2. The fraction of sp³-hybridized carbons (Fsp3) is 0.200. The summed E-state index contributed by atoms with van der Waals surface area (Å²) >= 11 is 6.88. The molecule has 6 heteroatoms. The van der Waals surface area contributed by atoms with E-state index in [0.29, 0.717) is 6.54 Å². The van der Waals surface area contributed by atoms with E-state index in [0.717, 1.165) is 26.0 Å². The standard InChI is InChI=1S/C10H9Br2N3O/c1-6-10(15-16-14-6)5-13-9-3-2-7(11)4-8(9)12/h2-4,13H,5H2,1H3. The number of halogens is 2. The number of nitrogens with one attached hydrogen (secondary N) is 1. The average Bonchev–Trinajstić information content (AvgIpc) is 2.63. The Morgan fingerprint density at radius 3 is 2.75 bits per heavy atom. The number of benzene rings is 1. The van der Waals surface area contributed by atoms with E-state index < -0.39 is 0 Å². The van der Waals surface area contributed by atoms with Crippen LogP contribution in [0.15, 0.2) is 31.8 Å². The van der Waals surface area contributed by atoms with Crippen LogP contribution in [0.25, 0.3) is 0 Å². The third-order valence-electron chi connectivity index (χ3n) is 2.12. The maximum absolute atomic E-state index is 4.62. The summed E-state index contributed by atoms with van der Waals surface area (Å²) in [6.07, 6.45) is 0. The van der Waals surface area contributed by atoms with Gasteiger partial charge in [0.25, 0.3) is 0 Å². The first-order valence-corrected chi connectivity index (χ1v) is 6.22. The molecule has 0 bridgehead atoms. The van der Waals surface area contributed by atoms with Crippen molar-refractivity contribution in [2.24, 2.45) is 0 Å². The minimum Gasteiger partial charge on any atom is -0.378 e. The highest BCUT2D eigenvalue weighted by Crippen LogP contribution is 2.26. The van der Waals surface area contributed by atoms with Crippen molar-refractivity contribution in [3.05, 3.63) is 38.5 Å². The molecule has 0 saturated carbocycles. The van der Waals surface area contributed by atoms with E-state index >= 15 is 0 Å². The molecule has 84 valence electrons. The minimum absolute atomic E-state index is 0.593. The smallest absolute Gasteiger partial charge is 0.127 e. The fourth-order valence-corrected chi connectivity index (χ4v) is 2.41. The molecule has 0 amide bonds. The van der Waals surface area contributed by atoms with Crippen molar-refractivity contribution >= 4 is 37.5 Å². The Kier molecular flexibility index (Phi) is 3.60. The monoisotopic (exact) mass is 345 g/mol. The predicted octanol–water partition coefficient (Wildman–Crippen LogP) is 3.52. The highest BCUT2D eigenvalue weighted by atomic mass is 79.9. The number of anilines is 1. The highest BCUT2D eigenvalue weighted by molar-refractivity contribution is 9.11. The molecule has 1 aromatic heterocycles. The van der Waals surface area contributed by atoms with Gasteiger partial charge in [0, 0.05) is 14.6 Å². The lowest BCUT2D eigenvalue weighted by Gasteiger charge is -2.07. The molecular formula is C10H9Br2N3O. The quantitative estimate of drug-likeness (QED) is 0.923. The molecule has 2 aromatic rings. The van der Waals surface area contributed by atoms with Crippen LogP contribution in [0.5, 0.6) is 0 Å². The Labute approximate surface area is 110 Å². The Bertz CT molecular complexity index is 499. The summed E-state index contributed by atoms with van der Waals surface area (Å²) in [5.74, 6) is 0. The van der Waals surface area contributed by atoms with Gasteiger partial charge < -0.3 is 5.32 Å². The number of hydrogen-bond acceptors (Lipinski definition) is 4. The first-order valence-electron chi connectivity index (χ1n) is 4.64. The van der Waals surface area contributed by atoms with Crippen LogP contribution in [0.1, 0.15) is 11.4 Å². The molecule has 0 radical (unpaired) electrons. The van der Waals surface area contributed by atoms with E-state index in [1.807, 2.05) is 25.1 Å². The molecule has 16 heavy (non-hydrogen) atoms. The maximum Gasteiger partial charge on any atom is 0.127 e. The molecule has 1 heterocycles. The van der Waals surface area contributed by atoms with E-state index in [1.165, 1.54) is 0 Å². The van der Waals surface area contributed by atoms with Gasteiger partial charge in [-0.2, -0.15) is 0 Å². The Morgan fingerprint density at radius 1 is 1.31 bits per heavy atom. The number of hydrogen-bond donors (Lipinski definition) is 1. The van der Waals surface area contributed by atoms with Crippen LogP contribution in [0.4, 0.5) is 5.69 Å². The Hall–Kier alpha value is -0.880. The van der Waals surface area contributed by atoms with Crippen LogP contribution in [0.2, 0.25) is 0 Å². The van der Waals surface area contributed by atoms with Gasteiger partial charge in [0.15, 0.2) is 0 Å². The van der Waals surface area contributed by atoms with Crippen molar-refractivity contribution in [2.45, 2.75) is 13.5 Å². The second-order valence-electron chi connectivity index (χ2n) is 3.27. The largest absolute Gasteiger partial charge is 0.378 e. The topological polar surface area (TPSA) is 51.0 Å². The lowest BCUT2D eigenvalue weighted by molar-refractivity contribution is 0.301. The van der Waals surface area contributed by atoms with Gasteiger partial charge in [0.2, 0.25) is 0 Å². The summed E-state index contributed by atoms with van der Waals surface area (Å²) in [4.78, 5) is 0. The van der Waals surface area contributed by atoms with Gasteiger partial charge in [0.1, 0.15) is 11.4 Å². The third kappa shape index (κ3) is 2.62. The average molecular weight is 347 g/mol. The molecule has 2 rings (SSSR count). The maximum atomic E-state index is 4.62. The lowest BCUT2D eigenvalue weighted by atomic mass is 10.3. The first-order chi connectivity index (χ1) is 7.66. The molecule has 0 atom stereocenters. The summed E-state index contributed by atoms with van der Waals surface area (Å²) in [5.41, 5.74) is 2.63. The van der Waals surface area contributed by atoms with E-state index in [1.54, 1.807) is 0 Å². The van der Waals surface area contributed by atoms with Crippen LogP contribution in [-0.2, 0) is 6.54 Å². The molecule has 0 saturated heterocycles. The minimum atomic E-state index is 0.593. The van der Waals surface area contributed by atoms with Crippen molar-refractivity contribution < 1.29 is 4.63 Å². The molecule has 1 N–H and O–H groups in total. The van der Waals surface area contributed by atoms with Gasteiger partial charge in [-0.1, -0.05) is 26.2 Å². The van der Waals surface area contributed by atoms with Gasteiger partial charge in [0.05, 0.1) is 6.54 Å². The second-order valence-corrected chi connectivity index (χ2v) is 5.04. The van der Waals surface area contributed by atoms with Crippen molar-refractivity contribution in [2.75, 3.05) is 5.32 Å². The molecule has 0 unspecified atom stereocenters. The van der Waals surface area contributed by atoms with Gasteiger partial charge in [-0.25, -0.2) is 4.63 Å². The summed E-state index contributed by atoms with van der Waals surface area (Å²) < 4.78 is 6.65. The van der Waals surface area contributed by atoms with Crippen molar-refractivity contribution in [3.63, 3.8) is 0 Å². The number of aryl methyl sites for hydroxylation is 1. The van der Waals surface area contributed by atoms with E-state index in [4.69, 9.17) is 0 Å². The van der Waals surface area contributed by atoms with Gasteiger partial charge >= 0.3 is 0 Å². The number of nitrogens with zero attached hydrogens (tertiary/aromatic N) is 2. The van der Waals surface area contributed by atoms with Crippen LogP contribution in [-0.4, -0.2) is 10.3 Å². The molecule has 0 fully saturated rings. The molecule has 0 aliphatic carbocycles. The summed E-state index contributed by atoms with van der Waals surface area (Å²) in [6.45, 7) is 2.46. The third-order valence-corrected chi connectivity index (χ3v) is 3.27.